The van der Waals surface area contributed by atoms with E-state index in [9.17, 15) is 4.79 Å². The third-order valence-corrected chi connectivity index (χ3v) is 4.89. The van der Waals surface area contributed by atoms with Gasteiger partial charge < -0.3 is 4.98 Å². The molecule has 1 heterocycles. The molecule has 1 N–H and O–H groups in total. The molecule has 1 saturated carbocycles. The average Bonchev–Trinajstić information content (AvgIpc) is 3.22. The van der Waals surface area contributed by atoms with Gasteiger partial charge in [-0.05, 0) is 30.5 Å². The number of aromatic nitrogens is 1. The van der Waals surface area contributed by atoms with Crippen molar-refractivity contribution in [1.82, 2.24) is 4.98 Å². The van der Waals surface area contributed by atoms with E-state index < -0.39 is 0 Å². The number of fused-ring (bicyclic) bond motifs is 1. The van der Waals surface area contributed by atoms with Gasteiger partial charge in [0.2, 0.25) is 0 Å². The van der Waals surface area contributed by atoms with Crippen LogP contribution in [0.15, 0.2) is 59.2 Å². The number of hydrogen-bond acceptors (Lipinski definition) is 1. The van der Waals surface area contributed by atoms with E-state index in [-0.39, 0.29) is 11.2 Å². The molecule has 104 valence electrons. The molecule has 2 aromatic carbocycles. The van der Waals surface area contributed by atoms with Gasteiger partial charge in [0.25, 0.3) is 0 Å². The summed E-state index contributed by atoms with van der Waals surface area (Å²) in [6.07, 6.45) is 3.74. The van der Waals surface area contributed by atoms with Crippen molar-refractivity contribution in [1.29, 1.82) is 0 Å². The topological polar surface area (TPSA) is 32.9 Å². The van der Waals surface area contributed by atoms with Crippen LogP contribution in [0, 0.1) is 0 Å². The summed E-state index contributed by atoms with van der Waals surface area (Å²) in [5.41, 5.74) is 2.64. The lowest BCUT2D eigenvalue weighted by Gasteiger charge is -2.13. The highest BCUT2D eigenvalue weighted by molar-refractivity contribution is 9.10. The van der Waals surface area contributed by atoms with Crippen LogP contribution in [0.4, 0.5) is 0 Å². The molecule has 3 heteroatoms. The van der Waals surface area contributed by atoms with E-state index in [1.165, 1.54) is 0 Å². The SMILES string of the molecule is O=C(c1c[nH]c2cc(Br)ccc12)C1(c2ccccc2)CC1. The fraction of sp³-hybridized carbons (Fsp3) is 0.167. The van der Waals surface area contributed by atoms with Gasteiger partial charge >= 0.3 is 0 Å². The fourth-order valence-corrected chi connectivity index (χ4v) is 3.43. The average molecular weight is 340 g/mol. The summed E-state index contributed by atoms with van der Waals surface area (Å²) >= 11 is 3.46. The standard InChI is InChI=1S/C18H14BrNO/c19-13-6-7-14-15(11-20-16(14)10-13)17(21)18(8-9-18)12-4-2-1-3-5-12/h1-7,10-11,20H,8-9H2. The number of halogens is 1. The van der Waals surface area contributed by atoms with E-state index in [1.807, 2.05) is 42.6 Å². The first-order valence-corrected chi connectivity index (χ1v) is 7.87. The molecule has 0 unspecified atom stereocenters. The van der Waals surface area contributed by atoms with E-state index in [2.05, 4.69) is 33.0 Å². The summed E-state index contributed by atoms with van der Waals surface area (Å²) in [5.74, 6) is 0.238. The maximum atomic E-state index is 13.1. The third kappa shape index (κ3) is 1.95. The van der Waals surface area contributed by atoms with Crippen LogP contribution < -0.4 is 0 Å². The largest absolute Gasteiger partial charge is 0.360 e. The summed E-state index contributed by atoms with van der Waals surface area (Å²) < 4.78 is 1.01. The van der Waals surface area contributed by atoms with E-state index >= 15 is 0 Å². The number of aromatic amines is 1. The number of benzene rings is 2. The Morgan fingerprint density at radius 1 is 1.10 bits per heavy atom. The van der Waals surface area contributed by atoms with Crippen molar-refractivity contribution >= 4 is 32.6 Å². The second kappa shape index (κ2) is 4.57. The summed E-state index contributed by atoms with van der Waals surface area (Å²) in [5, 5.41) is 1.01. The molecule has 1 fully saturated rings. The van der Waals surface area contributed by atoms with Gasteiger partial charge in [-0.1, -0.05) is 52.3 Å². The van der Waals surface area contributed by atoms with Gasteiger partial charge in [-0.2, -0.15) is 0 Å². The van der Waals surface area contributed by atoms with Crippen molar-refractivity contribution < 1.29 is 4.79 Å². The molecule has 4 rings (SSSR count). The monoisotopic (exact) mass is 339 g/mol. The molecule has 21 heavy (non-hydrogen) atoms. The first kappa shape index (κ1) is 12.8. The molecular formula is C18H14BrNO. The Balaban J connectivity index is 1.81. The maximum absolute atomic E-state index is 13.1. The normalized spacial score (nSPS) is 16.0. The highest BCUT2D eigenvalue weighted by atomic mass is 79.9. The molecule has 0 amide bonds. The predicted octanol–water partition coefficient (Wildman–Crippen LogP) is 4.84. The van der Waals surface area contributed by atoms with Crippen LogP contribution in [0.5, 0.6) is 0 Å². The van der Waals surface area contributed by atoms with Crippen LogP contribution in [0.1, 0.15) is 28.8 Å². The summed E-state index contributed by atoms with van der Waals surface area (Å²) in [7, 11) is 0. The smallest absolute Gasteiger partial charge is 0.175 e. The highest BCUT2D eigenvalue weighted by Crippen LogP contribution is 2.51. The van der Waals surface area contributed by atoms with Gasteiger partial charge in [-0.15, -0.1) is 0 Å². The lowest BCUT2D eigenvalue weighted by atomic mass is 9.87. The zero-order valence-corrected chi connectivity index (χ0v) is 13.0. The highest BCUT2D eigenvalue weighted by Gasteiger charge is 2.51. The second-order valence-electron chi connectivity index (χ2n) is 5.67. The van der Waals surface area contributed by atoms with E-state index in [4.69, 9.17) is 0 Å². The van der Waals surface area contributed by atoms with Crippen molar-refractivity contribution in [3.63, 3.8) is 0 Å². The quantitative estimate of drug-likeness (QED) is 0.680. The number of carbonyl (C=O) groups is 1. The molecule has 2 nitrogen and oxygen atoms in total. The molecule has 0 aliphatic heterocycles. The number of H-pyrrole nitrogens is 1. The minimum Gasteiger partial charge on any atom is -0.360 e. The van der Waals surface area contributed by atoms with E-state index in [0.717, 1.165) is 39.3 Å². The Kier molecular flexibility index (Phi) is 2.79. The number of carbonyl (C=O) groups excluding carboxylic acids is 1. The van der Waals surface area contributed by atoms with E-state index in [1.54, 1.807) is 0 Å². The van der Waals surface area contributed by atoms with Gasteiger partial charge in [-0.3, -0.25) is 4.79 Å². The zero-order valence-electron chi connectivity index (χ0n) is 11.4. The van der Waals surface area contributed by atoms with Crippen molar-refractivity contribution in [3.05, 3.63) is 70.3 Å². The Morgan fingerprint density at radius 3 is 2.57 bits per heavy atom. The van der Waals surface area contributed by atoms with Crippen LogP contribution in [0.3, 0.4) is 0 Å². The minimum absolute atomic E-state index is 0.238. The van der Waals surface area contributed by atoms with Gasteiger partial charge in [-0.25, -0.2) is 0 Å². The van der Waals surface area contributed by atoms with Crippen molar-refractivity contribution in [2.45, 2.75) is 18.3 Å². The van der Waals surface area contributed by atoms with Crippen LogP contribution >= 0.6 is 15.9 Å². The Labute approximate surface area is 131 Å². The van der Waals surface area contributed by atoms with Crippen molar-refractivity contribution in [3.8, 4) is 0 Å². The number of rotatable bonds is 3. The first-order chi connectivity index (χ1) is 10.2. The van der Waals surface area contributed by atoms with Gasteiger partial charge in [0, 0.05) is 27.1 Å². The Hall–Kier alpha value is -1.87. The van der Waals surface area contributed by atoms with Crippen molar-refractivity contribution in [2.75, 3.05) is 0 Å². The zero-order chi connectivity index (χ0) is 14.4. The molecule has 1 aliphatic carbocycles. The van der Waals surface area contributed by atoms with Crippen LogP contribution in [0.25, 0.3) is 10.9 Å². The molecule has 0 spiro atoms. The van der Waals surface area contributed by atoms with E-state index in [0.29, 0.717) is 0 Å². The molecular weight excluding hydrogens is 326 g/mol. The van der Waals surface area contributed by atoms with Crippen LogP contribution in [-0.2, 0) is 5.41 Å². The Morgan fingerprint density at radius 2 is 1.86 bits per heavy atom. The van der Waals surface area contributed by atoms with Crippen molar-refractivity contribution in [2.24, 2.45) is 0 Å². The van der Waals surface area contributed by atoms with Gasteiger partial charge in [0.15, 0.2) is 5.78 Å². The molecule has 1 aliphatic rings. The van der Waals surface area contributed by atoms with Crippen LogP contribution in [-0.4, -0.2) is 10.8 Å². The molecule has 0 atom stereocenters. The summed E-state index contributed by atoms with van der Waals surface area (Å²) in [6, 6.07) is 16.1. The van der Waals surface area contributed by atoms with Gasteiger partial charge in [0.05, 0.1) is 5.41 Å². The number of hydrogen-bond donors (Lipinski definition) is 1. The fourth-order valence-electron chi connectivity index (χ4n) is 3.07. The number of Topliss-reactive ketones (excluding diaryl/α,β-unsaturated/α-hetero) is 1. The molecule has 0 radical (unpaired) electrons. The predicted molar refractivity (Wildman–Crippen MR) is 87.7 cm³/mol. The van der Waals surface area contributed by atoms with Gasteiger partial charge in [0.1, 0.15) is 0 Å². The first-order valence-electron chi connectivity index (χ1n) is 7.08. The number of nitrogens with one attached hydrogen (secondary N) is 1. The molecule has 3 aromatic rings. The summed E-state index contributed by atoms with van der Waals surface area (Å²) in [4.78, 5) is 16.3. The minimum atomic E-state index is -0.302. The molecule has 1 aromatic heterocycles. The third-order valence-electron chi connectivity index (χ3n) is 4.40. The lowest BCUT2D eigenvalue weighted by molar-refractivity contribution is 0.0948. The maximum Gasteiger partial charge on any atom is 0.175 e. The van der Waals surface area contributed by atoms with Crippen LogP contribution in [0.2, 0.25) is 0 Å². The molecule has 0 saturated heterocycles. The molecule has 0 bridgehead atoms. The Bertz CT molecular complexity index is 831. The number of ketones is 1. The lowest BCUT2D eigenvalue weighted by Crippen LogP contribution is -2.20. The summed E-state index contributed by atoms with van der Waals surface area (Å²) in [6.45, 7) is 0. The second-order valence-corrected chi connectivity index (χ2v) is 6.59.